The molecular formula is C19H27N5O. The summed E-state index contributed by atoms with van der Waals surface area (Å²) in [6, 6.07) is 12.2. The van der Waals surface area contributed by atoms with Gasteiger partial charge in [-0.1, -0.05) is 30.3 Å². The van der Waals surface area contributed by atoms with Gasteiger partial charge in [0.2, 0.25) is 5.95 Å². The van der Waals surface area contributed by atoms with Crippen LogP contribution in [0.1, 0.15) is 5.56 Å². The molecule has 0 aliphatic carbocycles. The van der Waals surface area contributed by atoms with Crippen LogP contribution in [0.4, 0.5) is 5.95 Å². The zero-order chi connectivity index (χ0) is 17.5. The van der Waals surface area contributed by atoms with Gasteiger partial charge in [0.15, 0.2) is 0 Å². The molecule has 0 spiro atoms. The van der Waals surface area contributed by atoms with Crippen molar-refractivity contribution in [1.82, 2.24) is 19.8 Å². The van der Waals surface area contributed by atoms with E-state index in [1.165, 1.54) is 5.56 Å². The van der Waals surface area contributed by atoms with Crippen LogP contribution in [0.2, 0.25) is 0 Å². The van der Waals surface area contributed by atoms with Gasteiger partial charge < -0.3 is 10.0 Å². The Morgan fingerprint density at radius 3 is 2.40 bits per heavy atom. The zero-order valence-electron chi connectivity index (χ0n) is 14.8. The number of piperazine rings is 1. The van der Waals surface area contributed by atoms with Gasteiger partial charge >= 0.3 is 0 Å². The molecule has 134 valence electrons. The topological polar surface area (TPSA) is 55.7 Å². The van der Waals surface area contributed by atoms with Gasteiger partial charge in [-0.05, 0) is 18.7 Å². The Morgan fingerprint density at radius 1 is 1.04 bits per heavy atom. The quantitative estimate of drug-likeness (QED) is 0.814. The van der Waals surface area contributed by atoms with Gasteiger partial charge in [-0.2, -0.15) is 0 Å². The van der Waals surface area contributed by atoms with Crippen LogP contribution in [0.15, 0.2) is 48.8 Å². The first kappa shape index (κ1) is 17.8. The second kappa shape index (κ2) is 8.89. The van der Waals surface area contributed by atoms with Crippen LogP contribution in [0, 0.1) is 0 Å². The molecule has 1 atom stereocenters. The first-order chi connectivity index (χ1) is 12.2. The first-order valence-corrected chi connectivity index (χ1v) is 8.85. The van der Waals surface area contributed by atoms with E-state index in [9.17, 15) is 5.11 Å². The van der Waals surface area contributed by atoms with Gasteiger partial charge in [-0.15, -0.1) is 0 Å². The van der Waals surface area contributed by atoms with E-state index in [1.54, 1.807) is 12.4 Å². The van der Waals surface area contributed by atoms with Crippen molar-refractivity contribution in [3.8, 4) is 0 Å². The van der Waals surface area contributed by atoms with Gasteiger partial charge in [-0.3, -0.25) is 9.80 Å². The third-order valence-electron chi connectivity index (χ3n) is 4.49. The number of β-amino-alcohol motifs (C(OH)–C–C–N with tert-alkyl or cyclic N) is 1. The maximum atomic E-state index is 10.4. The monoisotopic (exact) mass is 341 g/mol. The average Bonchev–Trinajstić information content (AvgIpc) is 2.63. The number of hydrogen-bond donors (Lipinski definition) is 1. The van der Waals surface area contributed by atoms with E-state index in [4.69, 9.17) is 0 Å². The van der Waals surface area contributed by atoms with Crippen molar-refractivity contribution < 1.29 is 5.11 Å². The van der Waals surface area contributed by atoms with Crippen molar-refractivity contribution in [1.29, 1.82) is 0 Å². The number of aliphatic hydroxyl groups excluding tert-OH is 1. The number of nitrogens with zero attached hydrogens (tertiary/aromatic N) is 5. The second-order valence-electron chi connectivity index (χ2n) is 6.67. The molecule has 1 aliphatic rings. The molecule has 25 heavy (non-hydrogen) atoms. The number of aliphatic hydroxyl groups is 1. The van der Waals surface area contributed by atoms with E-state index in [-0.39, 0.29) is 6.10 Å². The van der Waals surface area contributed by atoms with Crippen LogP contribution in [0.5, 0.6) is 0 Å². The average molecular weight is 341 g/mol. The molecule has 6 heteroatoms. The fourth-order valence-corrected chi connectivity index (χ4v) is 3.26. The van der Waals surface area contributed by atoms with Gasteiger partial charge in [-0.25, -0.2) is 9.97 Å². The predicted octanol–water partition coefficient (Wildman–Crippen LogP) is 1.09. The lowest BCUT2D eigenvalue weighted by atomic mass is 10.2. The van der Waals surface area contributed by atoms with Crippen molar-refractivity contribution in [2.45, 2.75) is 12.6 Å². The molecular weight excluding hydrogens is 314 g/mol. The highest BCUT2D eigenvalue weighted by Crippen LogP contribution is 2.10. The number of rotatable bonds is 7. The molecule has 1 aromatic heterocycles. The van der Waals surface area contributed by atoms with E-state index >= 15 is 0 Å². The van der Waals surface area contributed by atoms with E-state index in [1.807, 2.05) is 12.1 Å². The van der Waals surface area contributed by atoms with Crippen molar-refractivity contribution in [2.24, 2.45) is 0 Å². The third-order valence-corrected chi connectivity index (χ3v) is 4.49. The van der Waals surface area contributed by atoms with Gasteiger partial charge in [0.1, 0.15) is 0 Å². The molecule has 0 bridgehead atoms. The normalized spacial score (nSPS) is 17.0. The maximum absolute atomic E-state index is 10.4. The summed E-state index contributed by atoms with van der Waals surface area (Å²) in [5, 5.41) is 10.4. The Hall–Kier alpha value is -2.02. The second-order valence-corrected chi connectivity index (χ2v) is 6.67. The molecule has 1 saturated heterocycles. The standard InChI is InChI=1S/C19H27N5O/c1-22(14-17-6-3-2-4-7-17)15-18(25)16-23-10-12-24(13-11-23)19-20-8-5-9-21-19/h2-9,18,25H,10-16H2,1H3. The Labute approximate surface area is 149 Å². The van der Waals surface area contributed by atoms with E-state index < -0.39 is 0 Å². The number of likely N-dealkylation sites (N-methyl/N-ethyl adjacent to an activating group) is 1. The van der Waals surface area contributed by atoms with Crippen molar-refractivity contribution in [3.05, 3.63) is 54.4 Å². The summed E-state index contributed by atoms with van der Waals surface area (Å²) in [6.45, 7) is 5.90. The zero-order valence-corrected chi connectivity index (χ0v) is 14.8. The first-order valence-electron chi connectivity index (χ1n) is 8.85. The molecule has 1 unspecified atom stereocenters. The number of benzene rings is 1. The Morgan fingerprint density at radius 2 is 1.72 bits per heavy atom. The van der Waals surface area contributed by atoms with Crippen LogP contribution in [0.25, 0.3) is 0 Å². The Balaban J connectivity index is 1.39. The molecule has 1 N–H and O–H groups in total. The summed E-state index contributed by atoms with van der Waals surface area (Å²) < 4.78 is 0. The van der Waals surface area contributed by atoms with E-state index in [2.05, 4.69) is 56.0 Å². The maximum Gasteiger partial charge on any atom is 0.225 e. The van der Waals surface area contributed by atoms with Crippen molar-refractivity contribution in [2.75, 3.05) is 51.2 Å². The predicted molar refractivity (Wildman–Crippen MR) is 99.5 cm³/mol. The summed E-state index contributed by atoms with van der Waals surface area (Å²) in [7, 11) is 2.06. The molecule has 0 saturated carbocycles. The van der Waals surface area contributed by atoms with E-state index in [0.29, 0.717) is 13.1 Å². The SMILES string of the molecule is CN(Cc1ccccc1)CC(O)CN1CCN(c2ncccn2)CC1. The smallest absolute Gasteiger partial charge is 0.225 e. The molecule has 1 aromatic carbocycles. The third kappa shape index (κ3) is 5.49. The molecule has 0 radical (unpaired) electrons. The van der Waals surface area contributed by atoms with Crippen LogP contribution in [0.3, 0.4) is 0 Å². The molecule has 1 fully saturated rings. The summed E-state index contributed by atoms with van der Waals surface area (Å²) in [6.07, 6.45) is 3.22. The Kier molecular flexibility index (Phi) is 6.33. The Bertz CT molecular complexity index is 616. The van der Waals surface area contributed by atoms with Gasteiger partial charge in [0.05, 0.1) is 6.10 Å². The van der Waals surface area contributed by atoms with Crippen LogP contribution in [-0.2, 0) is 6.54 Å². The minimum atomic E-state index is -0.340. The summed E-state index contributed by atoms with van der Waals surface area (Å²) in [4.78, 5) is 15.3. The lowest BCUT2D eigenvalue weighted by Crippen LogP contribution is -2.50. The number of anilines is 1. The lowest BCUT2D eigenvalue weighted by Gasteiger charge is -2.36. The minimum absolute atomic E-state index is 0.340. The summed E-state index contributed by atoms with van der Waals surface area (Å²) in [5.74, 6) is 0.797. The number of hydrogen-bond acceptors (Lipinski definition) is 6. The summed E-state index contributed by atoms with van der Waals surface area (Å²) >= 11 is 0. The van der Waals surface area contributed by atoms with Crippen molar-refractivity contribution in [3.63, 3.8) is 0 Å². The van der Waals surface area contributed by atoms with Gasteiger partial charge in [0, 0.05) is 58.2 Å². The highest BCUT2D eigenvalue weighted by atomic mass is 16.3. The molecule has 0 amide bonds. The molecule has 1 aliphatic heterocycles. The van der Waals surface area contributed by atoms with Gasteiger partial charge in [0.25, 0.3) is 0 Å². The highest BCUT2D eigenvalue weighted by molar-refractivity contribution is 5.29. The lowest BCUT2D eigenvalue weighted by molar-refractivity contribution is 0.0775. The van der Waals surface area contributed by atoms with Crippen LogP contribution in [-0.4, -0.2) is 77.3 Å². The molecule has 6 nitrogen and oxygen atoms in total. The molecule has 2 aromatic rings. The fraction of sp³-hybridized carbons (Fsp3) is 0.474. The minimum Gasteiger partial charge on any atom is -0.390 e. The molecule has 2 heterocycles. The summed E-state index contributed by atoms with van der Waals surface area (Å²) in [5.41, 5.74) is 1.27. The van der Waals surface area contributed by atoms with E-state index in [0.717, 1.165) is 38.7 Å². The number of aromatic nitrogens is 2. The fourth-order valence-electron chi connectivity index (χ4n) is 3.26. The van der Waals surface area contributed by atoms with Crippen molar-refractivity contribution >= 4 is 5.95 Å². The highest BCUT2D eigenvalue weighted by Gasteiger charge is 2.21. The molecule has 3 rings (SSSR count). The largest absolute Gasteiger partial charge is 0.390 e. The van der Waals surface area contributed by atoms with Crippen LogP contribution >= 0.6 is 0 Å². The van der Waals surface area contributed by atoms with Crippen LogP contribution < -0.4 is 4.90 Å².